The third kappa shape index (κ3) is 52.3. The van der Waals surface area contributed by atoms with Gasteiger partial charge >= 0.3 is 18.9 Å². The molecule has 0 heterocycles. The van der Waals surface area contributed by atoms with Crippen LogP contribution in [0.3, 0.4) is 0 Å². The number of allylic oxidation sites excluding steroid dienone is 4. The summed E-state index contributed by atoms with van der Waals surface area (Å²) < 4.78 is 15.4. The summed E-state index contributed by atoms with van der Waals surface area (Å²) in [4.78, 5) is 18.9. The van der Waals surface area contributed by atoms with E-state index in [0.29, 0.717) is 0 Å². The molecule has 0 fully saturated rings. The monoisotopic (exact) mass is 572 g/mol. The van der Waals surface area contributed by atoms with Crippen LogP contribution in [0.2, 0.25) is 19.6 Å². The van der Waals surface area contributed by atoms with Crippen LogP contribution in [0.4, 0.5) is 0 Å². The summed E-state index contributed by atoms with van der Waals surface area (Å²) in [5.74, 6) is 0.333. The minimum Gasteiger partial charge on any atom is -0.320 e. The Hall–Kier alpha value is -0.186. The van der Waals surface area contributed by atoms with Gasteiger partial charge in [0.05, 0.1) is 0 Å². The van der Waals surface area contributed by atoms with Gasteiger partial charge in [-0.15, -0.1) is 0 Å². The quantitative estimate of drug-likeness (QED) is 0.153. The fraction of sp³-hybridized carbons (Fsp3) is 0.733. The predicted octanol–water partition coefficient (Wildman–Crippen LogP) is 7.30. The maximum Gasteiger partial charge on any atom is 1.00 e. The third-order valence-corrected chi connectivity index (χ3v) is 10.3. The van der Waals surface area contributed by atoms with Crippen LogP contribution in [-0.4, -0.2) is 46.3 Å². The van der Waals surface area contributed by atoms with E-state index >= 15 is 0 Å². The van der Waals surface area contributed by atoms with Crippen molar-refractivity contribution >= 4 is 32.5 Å². The largest absolute Gasteiger partial charge is 1.00 e. The van der Waals surface area contributed by atoms with Gasteiger partial charge in [-0.25, -0.2) is 0 Å². The first-order chi connectivity index (χ1) is 16.3. The molecule has 0 saturated carbocycles. The van der Waals surface area contributed by atoms with Crippen LogP contribution in [0.5, 0.6) is 0 Å². The summed E-state index contributed by atoms with van der Waals surface area (Å²) >= 11 is 0. The number of ketones is 2. The number of carbonyl (C=O) groups is 2. The second kappa shape index (κ2) is 31.3. The summed E-state index contributed by atoms with van der Waals surface area (Å²) in [6.07, 6.45) is 0. The molecule has 0 saturated heterocycles. The molecule has 0 aromatic heterocycles. The van der Waals surface area contributed by atoms with Crippen LogP contribution >= 0.6 is 7.57 Å². The molecule has 8 heteroatoms. The van der Waals surface area contributed by atoms with E-state index < -0.39 is 15.6 Å². The molecule has 0 aromatic rings. The van der Waals surface area contributed by atoms with Gasteiger partial charge in [-0.05, 0) is 102 Å². The van der Waals surface area contributed by atoms with Crippen LogP contribution < -0.4 is 18.9 Å². The Labute approximate surface area is 253 Å². The standard InChI is InChI=1S/C6H15O3P.C6H15Si.2C6H12.2C3H6O.Li/c1-6(2)10(7-3,8-4)9-5;1-6(2)7(3,4)5;2*1-5(2)6(3)4;2*1-3(2)4;/h1-5H3;1-5H3;2*1-4H3;2*1-2H3;/q;-1;;;;;+1. The second-order valence-corrected chi connectivity index (χ2v) is 19.5. The Balaban J connectivity index is -0.0000000622. The van der Waals surface area contributed by atoms with E-state index in [0.717, 1.165) is 5.29 Å². The minimum absolute atomic E-state index is 0. The Morgan fingerprint density at radius 1 is 0.526 bits per heavy atom. The maximum atomic E-state index is 9.44. The van der Waals surface area contributed by atoms with E-state index in [2.05, 4.69) is 88.9 Å². The normalized spacial score (nSPS) is 9.34. The number of rotatable bonds is 4. The molecule has 0 aliphatic carbocycles. The molecule has 0 rings (SSSR count). The molecular weight excluding hydrogens is 506 g/mol. The summed E-state index contributed by atoms with van der Waals surface area (Å²) in [5.41, 5.74) is 7.34. The first-order valence-corrected chi connectivity index (χ1v) is 17.7. The SMILES string of the molecule is CC(C)=C(C)C.CC(C)=C(C)C.CC(C)=O.CC(C)=O.COP(OC)(OC)=C(C)C.C[C-](C)[Si](C)(C)C.[Li+]. The molecular formula is C30H66LiO5PSi. The van der Waals surface area contributed by atoms with Gasteiger partial charge < -0.3 is 28.7 Å². The molecule has 0 amide bonds. The maximum absolute atomic E-state index is 9.44. The van der Waals surface area contributed by atoms with Crippen molar-refractivity contribution in [2.24, 2.45) is 0 Å². The van der Waals surface area contributed by atoms with Crippen LogP contribution in [0.25, 0.3) is 0 Å². The predicted molar refractivity (Wildman–Crippen MR) is 174 cm³/mol. The fourth-order valence-corrected chi connectivity index (χ4v) is 2.31. The molecule has 0 atom stereocenters. The molecule has 226 valence electrons. The molecule has 0 aromatic carbocycles. The summed E-state index contributed by atoms with van der Waals surface area (Å²) in [7, 11) is 1.86. The molecule has 0 spiro atoms. The van der Waals surface area contributed by atoms with E-state index in [9.17, 15) is 9.59 Å². The second-order valence-electron chi connectivity index (χ2n) is 11.1. The van der Waals surface area contributed by atoms with Crippen molar-refractivity contribution in [3.63, 3.8) is 0 Å². The molecule has 0 aliphatic heterocycles. The van der Waals surface area contributed by atoms with Gasteiger partial charge in [0.15, 0.2) is 0 Å². The van der Waals surface area contributed by atoms with Gasteiger partial charge in [0.25, 0.3) is 7.57 Å². The van der Waals surface area contributed by atoms with E-state index in [1.54, 1.807) is 26.9 Å². The summed E-state index contributed by atoms with van der Waals surface area (Å²) in [6, 6.07) is 0. The van der Waals surface area contributed by atoms with Crippen molar-refractivity contribution in [3.05, 3.63) is 27.8 Å². The van der Waals surface area contributed by atoms with E-state index in [-0.39, 0.29) is 30.4 Å². The Morgan fingerprint density at radius 3 is 0.658 bits per heavy atom. The summed E-state index contributed by atoms with van der Waals surface area (Å²) in [5, 5.41) is 1.04. The number of Topliss-reactive ketones (excluding diaryl/α,β-unsaturated/α-hetero) is 2. The van der Waals surface area contributed by atoms with E-state index in [4.69, 9.17) is 13.6 Å². The Morgan fingerprint density at radius 2 is 0.658 bits per heavy atom. The molecule has 38 heavy (non-hydrogen) atoms. The van der Waals surface area contributed by atoms with Crippen LogP contribution in [0, 0.1) is 5.54 Å². The smallest absolute Gasteiger partial charge is 0.320 e. The van der Waals surface area contributed by atoms with Gasteiger partial charge in [-0.3, -0.25) is 0 Å². The molecule has 0 N–H and O–H groups in total. The first-order valence-electron chi connectivity index (χ1n) is 12.7. The fourth-order valence-electron chi connectivity index (χ4n) is 0.771. The van der Waals surface area contributed by atoms with Crippen molar-refractivity contribution in [2.45, 2.75) is 130 Å². The van der Waals surface area contributed by atoms with Gasteiger partial charge in [-0.2, -0.15) is 13.8 Å². The Bertz CT molecular complexity index is 618. The zero-order valence-corrected chi connectivity index (χ0v) is 31.9. The Kier molecular flexibility index (Phi) is 44.5. The molecule has 0 unspecified atom stereocenters. The summed E-state index contributed by atoms with van der Waals surface area (Å²) in [6.45, 7) is 38.5. The number of hydrogen-bond donors (Lipinski definition) is 0. The number of hydrogen-bond acceptors (Lipinski definition) is 5. The molecule has 0 bridgehead atoms. The van der Waals surface area contributed by atoms with Crippen molar-refractivity contribution in [2.75, 3.05) is 21.3 Å². The third-order valence-electron chi connectivity index (χ3n) is 4.77. The van der Waals surface area contributed by atoms with Gasteiger partial charge in [0.2, 0.25) is 0 Å². The zero-order chi connectivity index (χ0) is 31.7. The van der Waals surface area contributed by atoms with Crippen molar-refractivity contribution < 1.29 is 42.0 Å². The molecule has 5 nitrogen and oxygen atoms in total. The van der Waals surface area contributed by atoms with Crippen molar-refractivity contribution in [1.29, 1.82) is 0 Å². The minimum atomic E-state index is -2.09. The van der Waals surface area contributed by atoms with Gasteiger partial charge in [0.1, 0.15) is 11.6 Å². The van der Waals surface area contributed by atoms with Crippen molar-refractivity contribution in [1.82, 2.24) is 0 Å². The van der Waals surface area contributed by atoms with E-state index in [1.165, 1.54) is 50.0 Å². The first kappa shape index (κ1) is 54.0. The molecule has 0 radical (unpaired) electrons. The zero-order valence-electron chi connectivity index (χ0n) is 30.0. The topological polar surface area (TPSA) is 61.8 Å². The van der Waals surface area contributed by atoms with E-state index in [1.807, 2.05) is 13.8 Å². The van der Waals surface area contributed by atoms with Crippen LogP contribution in [0.1, 0.15) is 111 Å². The van der Waals surface area contributed by atoms with Crippen molar-refractivity contribution in [3.8, 4) is 0 Å². The average Bonchev–Trinajstić information content (AvgIpc) is 2.69. The van der Waals surface area contributed by atoms with Gasteiger partial charge in [0, 0.05) is 21.3 Å². The number of carbonyl (C=O) groups excluding carboxylic acids is 2. The van der Waals surface area contributed by atoms with Gasteiger partial charge in [-0.1, -0.05) is 50.0 Å². The van der Waals surface area contributed by atoms with Crippen LogP contribution in [0.15, 0.2) is 22.3 Å². The molecule has 0 aliphatic rings. The van der Waals surface area contributed by atoms with Crippen LogP contribution in [-0.2, 0) is 23.2 Å². The average molecular weight is 573 g/mol.